The van der Waals surface area contributed by atoms with Crippen molar-refractivity contribution in [2.45, 2.75) is 11.3 Å². The van der Waals surface area contributed by atoms with Gasteiger partial charge in [0.1, 0.15) is 17.2 Å². The van der Waals surface area contributed by atoms with Crippen LogP contribution < -0.4 is 15.4 Å². The molecule has 0 spiro atoms. The summed E-state index contributed by atoms with van der Waals surface area (Å²) >= 11 is -0.0799. The Morgan fingerprint density at radius 1 is 1.12 bits per heavy atom. The molecule has 4 rings (SSSR count). The fourth-order valence-electron chi connectivity index (χ4n) is 3.02. The van der Waals surface area contributed by atoms with E-state index in [0.29, 0.717) is 39.7 Å². The van der Waals surface area contributed by atoms with Crippen molar-refractivity contribution in [3.63, 3.8) is 0 Å². The summed E-state index contributed by atoms with van der Waals surface area (Å²) in [5.41, 5.74) is -1.51. The number of aromatic nitrogens is 3. The van der Waals surface area contributed by atoms with Crippen molar-refractivity contribution in [1.29, 1.82) is 0 Å². The first kappa shape index (κ1) is 22.5. The van der Waals surface area contributed by atoms with Gasteiger partial charge in [-0.2, -0.15) is 13.2 Å². The number of thioether (sulfide) groups is 1. The van der Waals surface area contributed by atoms with Gasteiger partial charge in [0.2, 0.25) is 5.95 Å². The number of rotatable bonds is 7. The maximum atomic E-state index is 12.4. The van der Waals surface area contributed by atoms with Gasteiger partial charge in [-0.1, -0.05) is 12.1 Å². The number of anilines is 2. The maximum absolute atomic E-state index is 12.4. The van der Waals surface area contributed by atoms with Crippen LogP contribution in [0.3, 0.4) is 0 Å². The number of alkyl halides is 3. The van der Waals surface area contributed by atoms with E-state index in [1.807, 2.05) is 0 Å². The number of nitrogens with zero attached hydrogens (tertiary/aromatic N) is 2. The Kier molecular flexibility index (Phi) is 6.40. The summed E-state index contributed by atoms with van der Waals surface area (Å²) in [6.45, 7) is 0. The van der Waals surface area contributed by atoms with E-state index in [9.17, 15) is 18.0 Å². The van der Waals surface area contributed by atoms with Crippen LogP contribution >= 0.6 is 11.8 Å². The predicted molar refractivity (Wildman–Crippen MR) is 121 cm³/mol. The molecule has 2 heterocycles. The molecule has 3 N–H and O–H groups in total. The molecule has 0 aliphatic carbocycles. The van der Waals surface area contributed by atoms with Crippen molar-refractivity contribution in [2.75, 3.05) is 12.4 Å². The lowest BCUT2D eigenvalue weighted by molar-refractivity contribution is -0.0329. The maximum Gasteiger partial charge on any atom is 0.442 e. The number of fused-ring (bicyclic) bond motifs is 1. The van der Waals surface area contributed by atoms with Crippen molar-refractivity contribution in [3.8, 4) is 11.5 Å². The van der Waals surface area contributed by atoms with Crippen LogP contribution in [0.25, 0.3) is 11.0 Å². The van der Waals surface area contributed by atoms with Crippen molar-refractivity contribution in [2.24, 2.45) is 0 Å². The smallest absolute Gasteiger partial charge is 0.442 e. The molecule has 2 aromatic carbocycles. The Morgan fingerprint density at radius 3 is 2.73 bits per heavy atom. The third-order valence-electron chi connectivity index (χ3n) is 4.47. The third-order valence-corrected chi connectivity index (χ3v) is 5.28. The number of aromatic amines is 1. The van der Waals surface area contributed by atoms with Gasteiger partial charge in [0.05, 0.1) is 11.0 Å². The van der Waals surface area contributed by atoms with E-state index >= 15 is 0 Å². The average molecular weight is 473 g/mol. The Hall–Kier alpha value is -3.73. The molecule has 0 fully saturated rings. The number of benzene rings is 2. The molecule has 0 aliphatic rings. The number of H-pyrrole nitrogens is 1. The standard InChI is InChI=1S/C22H18F3N5O2S/c1-26-20(31)19-11-16(7-8-27-19)32-15-5-6-17-18(10-15)30-21(29-17)28-14-4-2-3-13(9-14)12-33-22(23,24)25/h2-11H,12H2,1H3,(H,26,31)(H2,28,29,30). The minimum atomic E-state index is -4.28. The molecule has 11 heteroatoms. The van der Waals surface area contributed by atoms with Crippen LogP contribution in [0.4, 0.5) is 24.8 Å². The summed E-state index contributed by atoms with van der Waals surface area (Å²) in [6, 6.07) is 15.2. The number of imidazole rings is 1. The summed E-state index contributed by atoms with van der Waals surface area (Å²) in [7, 11) is 1.52. The van der Waals surface area contributed by atoms with Crippen LogP contribution in [0.1, 0.15) is 16.1 Å². The molecule has 0 atom stereocenters. The molecule has 0 saturated heterocycles. The van der Waals surface area contributed by atoms with Crippen molar-refractivity contribution in [1.82, 2.24) is 20.3 Å². The van der Waals surface area contributed by atoms with E-state index < -0.39 is 5.51 Å². The number of pyridine rings is 1. The van der Waals surface area contributed by atoms with E-state index in [1.165, 1.54) is 19.3 Å². The normalized spacial score (nSPS) is 11.4. The topological polar surface area (TPSA) is 91.9 Å². The van der Waals surface area contributed by atoms with Gasteiger partial charge in [0, 0.05) is 36.8 Å². The Labute approximate surface area is 190 Å². The minimum absolute atomic E-state index is 0.0799. The van der Waals surface area contributed by atoms with Crippen LogP contribution in [0.15, 0.2) is 60.8 Å². The number of nitrogens with one attached hydrogen (secondary N) is 3. The SMILES string of the molecule is CNC(=O)c1cc(Oc2ccc3nc(Nc4cccc(CSC(F)(F)F)c4)[nH]c3c2)ccn1. The highest BCUT2D eigenvalue weighted by Crippen LogP contribution is 2.33. The zero-order chi connectivity index (χ0) is 23.4. The first-order valence-corrected chi connectivity index (χ1v) is 10.7. The van der Waals surface area contributed by atoms with E-state index in [-0.39, 0.29) is 29.1 Å². The van der Waals surface area contributed by atoms with E-state index in [0.717, 1.165) is 0 Å². The zero-order valence-corrected chi connectivity index (χ0v) is 18.1. The highest BCUT2D eigenvalue weighted by molar-refractivity contribution is 7.99. The first-order chi connectivity index (χ1) is 15.8. The van der Waals surface area contributed by atoms with Gasteiger partial charge < -0.3 is 20.4 Å². The lowest BCUT2D eigenvalue weighted by atomic mass is 10.2. The summed E-state index contributed by atoms with van der Waals surface area (Å²) in [4.78, 5) is 23.3. The molecule has 170 valence electrons. The molecule has 7 nitrogen and oxygen atoms in total. The van der Waals surface area contributed by atoms with E-state index in [4.69, 9.17) is 4.74 Å². The third kappa shape index (κ3) is 5.95. The van der Waals surface area contributed by atoms with Gasteiger partial charge in [0.25, 0.3) is 5.91 Å². The highest BCUT2D eigenvalue weighted by Gasteiger charge is 2.27. The number of halogens is 3. The lowest BCUT2D eigenvalue weighted by Crippen LogP contribution is -2.18. The summed E-state index contributed by atoms with van der Waals surface area (Å²) in [5, 5.41) is 5.58. The Balaban J connectivity index is 1.48. The molecular weight excluding hydrogens is 455 g/mol. The van der Waals surface area contributed by atoms with Gasteiger partial charge >= 0.3 is 5.51 Å². The monoisotopic (exact) mass is 473 g/mol. The average Bonchev–Trinajstić information content (AvgIpc) is 3.18. The molecule has 0 saturated carbocycles. The summed E-state index contributed by atoms with van der Waals surface area (Å²) < 4.78 is 43.2. The van der Waals surface area contributed by atoms with E-state index in [1.54, 1.807) is 48.5 Å². The lowest BCUT2D eigenvalue weighted by Gasteiger charge is -2.08. The fourth-order valence-corrected chi connectivity index (χ4v) is 3.53. The van der Waals surface area contributed by atoms with Crippen LogP contribution in [0.2, 0.25) is 0 Å². The Morgan fingerprint density at radius 2 is 1.94 bits per heavy atom. The number of ether oxygens (including phenoxy) is 1. The quantitative estimate of drug-likeness (QED) is 0.323. The van der Waals surface area contributed by atoms with Crippen LogP contribution in [-0.2, 0) is 5.75 Å². The highest BCUT2D eigenvalue weighted by atomic mass is 32.2. The second-order valence-electron chi connectivity index (χ2n) is 6.88. The molecule has 2 aromatic heterocycles. The molecule has 4 aromatic rings. The number of carbonyl (C=O) groups is 1. The molecule has 0 bridgehead atoms. The second-order valence-corrected chi connectivity index (χ2v) is 7.92. The molecule has 0 radical (unpaired) electrons. The summed E-state index contributed by atoms with van der Waals surface area (Å²) in [5.74, 6) is 0.929. The van der Waals surface area contributed by atoms with Crippen molar-refractivity contribution >= 4 is 40.3 Å². The summed E-state index contributed by atoms with van der Waals surface area (Å²) in [6.07, 6.45) is 1.48. The molecule has 33 heavy (non-hydrogen) atoms. The molecular formula is C22H18F3N5O2S. The second kappa shape index (κ2) is 9.41. The van der Waals surface area contributed by atoms with Crippen molar-refractivity contribution in [3.05, 3.63) is 72.1 Å². The number of amides is 1. The number of carbonyl (C=O) groups excluding carboxylic acids is 1. The van der Waals surface area contributed by atoms with Crippen LogP contribution in [0, 0.1) is 0 Å². The Bertz CT molecular complexity index is 1290. The minimum Gasteiger partial charge on any atom is -0.457 e. The largest absolute Gasteiger partial charge is 0.457 e. The van der Waals surface area contributed by atoms with Crippen LogP contribution in [-0.4, -0.2) is 33.4 Å². The van der Waals surface area contributed by atoms with Crippen molar-refractivity contribution < 1.29 is 22.7 Å². The molecule has 0 unspecified atom stereocenters. The zero-order valence-electron chi connectivity index (χ0n) is 17.2. The molecule has 0 aliphatic heterocycles. The molecule has 1 amide bonds. The number of hydrogen-bond donors (Lipinski definition) is 3. The van der Waals surface area contributed by atoms with Gasteiger partial charge in [-0.15, -0.1) is 0 Å². The first-order valence-electron chi connectivity index (χ1n) is 9.71. The number of hydrogen-bond acceptors (Lipinski definition) is 6. The van der Waals surface area contributed by atoms with Crippen LogP contribution in [0.5, 0.6) is 11.5 Å². The van der Waals surface area contributed by atoms with Gasteiger partial charge in [-0.3, -0.25) is 9.78 Å². The predicted octanol–water partition coefficient (Wildman–Crippen LogP) is 5.61. The van der Waals surface area contributed by atoms with Gasteiger partial charge in [-0.05, 0) is 47.7 Å². The van der Waals surface area contributed by atoms with E-state index in [2.05, 4.69) is 25.6 Å². The van der Waals surface area contributed by atoms with Gasteiger partial charge in [0.15, 0.2) is 0 Å². The fraction of sp³-hybridized carbons (Fsp3) is 0.136. The van der Waals surface area contributed by atoms with Gasteiger partial charge in [-0.25, -0.2) is 4.98 Å².